The number of sulfone groups is 1. The fraction of sp³-hybridized carbons (Fsp3) is 0.0500. The zero-order valence-corrected chi connectivity index (χ0v) is 15.6. The lowest BCUT2D eigenvalue weighted by atomic mass is 10.2. The summed E-state index contributed by atoms with van der Waals surface area (Å²) in [4.78, 5) is 8.17. The van der Waals surface area contributed by atoms with Crippen LogP contribution in [0.3, 0.4) is 0 Å². The second-order valence-corrected chi connectivity index (χ2v) is 7.69. The van der Waals surface area contributed by atoms with Crippen molar-refractivity contribution < 1.29 is 8.42 Å². The monoisotopic (exact) mass is 391 g/mol. The fourth-order valence-corrected chi connectivity index (χ4v) is 3.73. The number of aromatic nitrogens is 1. The van der Waals surface area contributed by atoms with Gasteiger partial charge in [-0.15, -0.1) is 4.99 Å². The van der Waals surface area contributed by atoms with Crippen LogP contribution < -0.4 is 10.6 Å². The SMILES string of the molecule is N#C/N=C(\NCc1ccc(S(=O)(=O)c2ccccc2)cc1)Nc1cccnc1. The van der Waals surface area contributed by atoms with Gasteiger partial charge in [0.1, 0.15) is 0 Å². The quantitative estimate of drug-likeness (QED) is 0.393. The summed E-state index contributed by atoms with van der Waals surface area (Å²) in [6.45, 7) is 0.361. The van der Waals surface area contributed by atoms with Crippen molar-refractivity contribution >= 4 is 21.5 Å². The second-order valence-electron chi connectivity index (χ2n) is 5.74. The molecule has 140 valence electrons. The first-order valence-electron chi connectivity index (χ1n) is 8.36. The second kappa shape index (κ2) is 8.79. The molecule has 8 heteroatoms. The van der Waals surface area contributed by atoms with Crippen molar-refractivity contribution in [3.05, 3.63) is 84.7 Å². The minimum atomic E-state index is -3.54. The van der Waals surface area contributed by atoms with Crippen molar-refractivity contribution in [2.24, 2.45) is 4.99 Å². The van der Waals surface area contributed by atoms with Gasteiger partial charge < -0.3 is 10.6 Å². The number of nitrogens with one attached hydrogen (secondary N) is 2. The number of hydrogen-bond donors (Lipinski definition) is 2. The van der Waals surface area contributed by atoms with Crippen LogP contribution in [-0.4, -0.2) is 19.4 Å². The number of anilines is 1. The molecule has 0 aliphatic rings. The fourth-order valence-electron chi connectivity index (χ4n) is 2.44. The molecule has 2 N–H and O–H groups in total. The predicted molar refractivity (Wildman–Crippen MR) is 106 cm³/mol. The Bertz CT molecular complexity index is 1090. The Labute approximate surface area is 163 Å². The summed E-state index contributed by atoms with van der Waals surface area (Å²) in [5.41, 5.74) is 1.53. The normalized spacial score (nSPS) is 11.5. The number of nitriles is 1. The maximum absolute atomic E-state index is 12.6. The number of nitrogens with zero attached hydrogens (tertiary/aromatic N) is 3. The molecule has 1 aromatic heterocycles. The van der Waals surface area contributed by atoms with Gasteiger partial charge in [0.15, 0.2) is 0 Å². The lowest BCUT2D eigenvalue weighted by Crippen LogP contribution is -2.30. The van der Waals surface area contributed by atoms with E-state index in [9.17, 15) is 8.42 Å². The van der Waals surface area contributed by atoms with E-state index in [4.69, 9.17) is 5.26 Å². The van der Waals surface area contributed by atoms with Crippen LogP contribution in [0, 0.1) is 11.5 Å². The molecule has 0 aliphatic carbocycles. The van der Waals surface area contributed by atoms with Crippen LogP contribution in [0.25, 0.3) is 0 Å². The van der Waals surface area contributed by atoms with Crippen LogP contribution in [0.1, 0.15) is 5.56 Å². The highest BCUT2D eigenvalue weighted by Crippen LogP contribution is 2.20. The van der Waals surface area contributed by atoms with Crippen LogP contribution in [0.4, 0.5) is 5.69 Å². The number of benzene rings is 2. The Morgan fingerprint density at radius 1 is 1.00 bits per heavy atom. The molecule has 0 spiro atoms. The van der Waals surface area contributed by atoms with E-state index in [0.29, 0.717) is 12.2 Å². The summed E-state index contributed by atoms with van der Waals surface area (Å²) < 4.78 is 25.2. The molecule has 0 radical (unpaired) electrons. The van der Waals surface area contributed by atoms with Gasteiger partial charge in [-0.3, -0.25) is 4.98 Å². The molecule has 28 heavy (non-hydrogen) atoms. The van der Waals surface area contributed by atoms with E-state index < -0.39 is 9.84 Å². The van der Waals surface area contributed by atoms with Crippen molar-refractivity contribution in [3.8, 4) is 6.19 Å². The van der Waals surface area contributed by atoms with Crippen LogP contribution in [0.2, 0.25) is 0 Å². The maximum atomic E-state index is 12.6. The van der Waals surface area contributed by atoms with E-state index in [1.165, 1.54) is 0 Å². The average molecular weight is 391 g/mol. The molecular formula is C20H17N5O2S. The van der Waals surface area contributed by atoms with Crippen molar-refractivity contribution in [1.82, 2.24) is 10.3 Å². The van der Waals surface area contributed by atoms with Crippen molar-refractivity contribution in [1.29, 1.82) is 5.26 Å². The summed E-state index contributed by atoms with van der Waals surface area (Å²) >= 11 is 0. The van der Waals surface area contributed by atoms with Gasteiger partial charge in [0, 0.05) is 12.7 Å². The lowest BCUT2D eigenvalue weighted by molar-refractivity contribution is 0.596. The first-order chi connectivity index (χ1) is 13.6. The Balaban J connectivity index is 1.68. The Kier molecular flexibility index (Phi) is 5.99. The third-order valence-corrected chi connectivity index (χ3v) is 5.62. The van der Waals surface area contributed by atoms with Crippen molar-refractivity contribution in [3.63, 3.8) is 0 Å². The number of guanidine groups is 1. The van der Waals surface area contributed by atoms with Crippen LogP contribution in [0.5, 0.6) is 0 Å². The molecule has 3 rings (SSSR count). The molecule has 2 aromatic carbocycles. The van der Waals surface area contributed by atoms with E-state index in [-0.39, 0.29) is 15.8 Å². The van der Waals surface area contributed by atoms with Crippen LogP contribution in [-0.2, 0) is 16.4 Å². The molecule has 7 nitrogen and oxygen atoms in total. The first kappa shape index (κ1) is 19.1. The molecule has 0 amide bonds. The minimum Gasteiger partial charge on any atom is -0.351 e. The molecule has 0 atom stereocenters. The van der Waals surface area contributed by atoms with Gasteiger partial charge in [0.05, 0.1) is 21.7 Å². The highest BCUT2D eigenvalue weighted by Gasteiger charge is 2.16. The molecular weight excluding hydrogens is 374 g/mol. The summed E-state index contributed by atoms with van der Waals surface area (Å²) in [6, 6.07) is 18.4. The Hall–Kier alpha value is -3.70. The summed E-state index contributed by atoms with van der Waals surface area (Å²) in [5.74, 6) is 0.275. The maximum Gasteiger partial charge on any atom is 0.212 e. The summed E-state index contributed by atoms with van der Waals surface area (Å²) in [5, 5.41) is 14.8. The molecule has 0 bridgehead atoms. The van der Waals surface area contributed by atoms with Crippen molar-refractivity contribution in [2.45, 2.75) is 16.3 Å². The van der Waals surface area contributed by atoms with E-state index in [1.54, 1.807) is 85.3 Å². The number of aliphatic imine (C=N–C) groups is 1. The highest BCUT2D eigenvalue weighted by atomic mass is 32.2. The molecule has 0 fully saturated rings. The lowest BCUT2D eigenvalue weighted by Gasteiger charge is -2.11. The summed E-state index contributed by atoms with van der Waals surface area (Å²) in [6.07, 6.45) is 4.99. The van der Waals surface area contributed by atoms with Crippen molar-refractivity contribution in [2.75, 3.05) is 5.32 Å². The molecule has 0 saturated carbocycles. The minimum absolute atomic E-state index is 0.224. The smallest absolute Gasteiger partial charge is 0.212 e. The van der Waals surface area contributed by atoms with Gasteiger partial charge >= 0.3 is 0 Å². The zero-order chi connectivity index (χ0) is 19.8. The number of pyridine rings is 1. The van der Waals surface area contributed by atoms with E-state index in [0.717, 1.165) is 5.56 Å². The van der Waals surface area contributed by atoms with E-state index in [1.807, 2.05) is 0 Å². The average Bonchev–Trinajstić information content (AvgIpc) is 2.74. The highest BCUT2D eigenvalue weighted by molar-refractivity contribution is 7.91. The van der Waals surface area contributed by atoms with Gasteiger partial charge in [-0.1, -0.05) is 30.3 Å². The van der Waals surface area contributed by atoms with E-state index >= 15 is 0 Å². The van der Waals surface area contributed by atoms with Gasteiger partial charge in [-0.2, -0.15) is 5.26 Å². The Morgan fingerprint density at radius 3 is 2.36 bits per heavy atom. The van der Waals surface area contributed by atoms with Crippen LogP contribution in [0.15, 0.2) is 93.9 Å². The first-order valence-corrected chi connectivity index (χ1v) is 9.85. The van der Waals surface area contributed by atoms with E-state index in [2.05, 4.69) is 20.6 Å². The Morgan fingerprint density at radius 2 is 1.71 bits per heavy atom. The van der Waals surface area contributed by atoms with Gasteiger partial charge in [-0.05, 0) is 42.0 Å². The van der Waals surface area contributed by atoms with Gasteiger partial charge in [0.25, 0.3) is 0 Å². The van der Waals surface area contributed by atoms with Crippen LogP contribution >= 0.6 is 0 Å². The topological polar surface area (TPSA) is 107 Å². The number of hydrogen-bond acceptors (Lipinski definition) is 5. The summed E-state index contributed by atoms with van der Waals surface area (Å²) in [7, 11) is -3.54. The molecule has 0 aliphatic heterocycles. The zero-order valence-electron chi connectivity index (χ0n) is 14.8. The largest absolute Gasteiger partial charge is 0.351 e. The van der Waals surface area contributed by atoms with Gasteiger partial charge in [0.2, 0.25) is 22.0 Å². The van der Waals surface area contributed by atoms with Gasteiger partial charge in [-0.25, -0.2) is 8.42 Å². The number of rotatable bonds is 5. The predicted octanol–water partition coefficient (Wildman–Crippen LogP) is 2.95. The molecule has 3 aromatic rings. The molecule has 0 saturated heterocycles. The third-order valence-electron chi connectivity index (χ3n) is 3.83. The molecule has 0 unspecified atom stereocenters. The standard InChI is InChI=1S/C20H17N5O2S/c21-15-24-20(25-17-5-4-12-22-14-17)23-13-16-8-10-19(11-9-16)28(26,27)18-6-2-1-3-7-18/h1-12,14H,13H2,(H2,23,24,25). The molecule has 1 heterocycles. The third kappa shape index (κ3) is 4.72.